The number of terminal acetylenes is 1. The van der Waals surface area contributed by atoms with Crippen LogP contribution in [0.25, 0.3) is 32.8 Å². The summed E-state index contributed by atoms with van der Waals surface area (Å²) in [4.78, 5) is 13.3. The van der Waals surface area contributed by atoms with Crippen molar-refractivity contribution in [3.05, 3.63) is 47.5 Å². The molecule has 1 aromatic heterocycles. The molecule has 2 saturated carbocycles. The molecule has 3 aromatic carbocycles. The molecule has 9 rings (SSSR count). The maximum atomic E-state index is 17.4. The van der Waals surface area contributed by atoms with Crippen LogP contribution in [0.4, 0.5) is 27.8 Å². The van der Waals surface area contributed by atoms with Gasteiger partial charge in [0.1, 0.15) is 22.9 Å². The molecule has 5 aliphatic rings. The summed E-state index contributed by atoms with van der Waals surface area (Å²) in [5.74, 6) is 0.358. The van der Waals surface area contributed by atoms with Crippen LogP contribution in [-0.2, 0) is 0 Å². The van der Waals surface area contributed by atoms with Crippen molar-refractivity contribution in [2.75, 3.05) is 44.2 Å². The number of fused-ring (bicyclic) bond motifs is 4. The monoisotopic (exact) mass is 735 g/mol. The van der Waals surface area contributed by atoms with Gasteiger partial charge in [-0.25, -0.2) is 8.78 Å². The Kier molecular flexibility index (Phi) is 8.06. The second-order valence-electron chi connectivity index (χ2n) is 15.6. The fourth-order valence-corrected chi connectivity index (χ4v) is 9.47. The van der Waals surface area contributed by atoms with E-state index < -0.39 is 39.4 Å². The number of anilines is 1. The van der Waals surface area contributed by atoms with Gasteiger partial charge < -0.3 is 25.0 Å². The number of alkyl halides is 3. The van der Waals surface area contributed by atoms with Crippen molar-refractivity contribution in [3.63, 3.8) is 0 Å². The first kappa shape index (κ1) is 33.9. The fraction of sp³-hybridized carbons (Fsp3) is 0.487. The molecule has 272 valence electrons. The molecule has 2 unspecified atom stereocenters. The Labute approximate surface area is 302 Å². The average molecular weight is 736 g/mol. The SMILES string of the molecule is C#Cc1c(F)ccc2cc(O)cc(-c3c(SC(F)(F)F)cc4c(N5CC6CCC(C5)N6)nc(OCC5(CN6CCC7(CC6)CC7)CC5)nc4c3F)c12. The van der Waals surface area contributed by atoms with Gasteiger partial charge in [-0.05, 0) is 117 Å². The topological polar surface area (TPSA) is 73.8 Å². The van der Waals surface area contributed by atoms with E-state index >= 15 is 8.78 Å². The number of piperazine rings is 1. The van der Waals surface area contributed by atoms with Gasteiger partial charge in [0.05, 0.1) is 12.2 Å². The molecule has 3 saturated heterocycles. The number of halogens is 5. The third-order valence-corrected chi connectivity index (χ3v) is 12.7. The van der Waals surface area contributed by atoms with Gasteiger partial charge in [-0.15, -0.1) is 6.42 Å². The van der Waals surface area contributed by atoms with Crippen molar-refractivity contribution in [2.24, 2.45) is 10.8 Å². The van der Waals surface area contributed by atoms with Crippen molar-refractivity contribution >= 4 is 39.3 Å². The van der Waals surface area contributed by atoms with Crippen molar-refractivity contribution in [1.82, 2.24) is 20.2 Å². The lowest BCUT2D eigenvalue weighted by Crippen LogP contribution is -2.51. The van der Waals surface area contributed by atoms with Gasteiger partial charge in [0.15, 0.2) is 5.82 Å². The number of nitrogens with one attached hydrogen (secondary N) is 1. The van der Waals surface area contributed by atoms with Gasteiger partial charge in [0.2, 0.25) is 0 Å². The van der Waals surface area contributed by atoms with Crippen LogP contribution in [0.2, 0.25) is 0 Å². The lowest BCUT2D eigenvalue weighted by molar-refractivity contribution is -0.0328. The third-order valence-electron chi connectivity index (χ3n) is 12.0. The van der Waals surface area contributed by atoms with Gasteiger partial charge in [0, 0.05) is 58.4 Å². The zero-order valence-electron chi connectivity index (χ0n) is 28.5. The number of nitrogens with zero attached hydrogens (tertiary/aromatic N) is 4. The van der Waals surface area contributed by atoms with Gasteiger partial charge in [-0.2, -0.15) is 23.1 Å². The zero-order chi connectivity index (χ0) is 36.0. The molecule has 7 nitrogen and oxygen atoms in total. The molecule has 52 heavy (non-hydrogen) atoms. The highest BCUT2D eigenvalue weighted by Gasteiger charge is 2.49. The highest BCUT2D eigenvalue weighted by Crippen LogP contribution is 2.55. The molecule has 1 spiro atoms. The van der Waals surface area contributed by atoms with E-state index in [1.165, 1.54) is 43.9 Å². The lowest BCUT2D eigenvalue weighted by atomic mass is 9.93. The summed E-state index contributed by atoms with van der Waals surface area (Å²) in [6.07, 6.45) is 14.7. The number of phenols is 1. The normalized spacial score (nSPS) is 23.3. The predicted octanol–water partition coefficient (Wildman–Crippen LogP) is 8.00. The summed E-state index contributed by atoms with van der Waals surface area (Å²) in [6, 6.07) is 6.39. The highest BCUT2D eigenvalue weighted by atomic mass is 32.2. The second-order valence-corrected chi connectivity index (χ2v) is 16.7. The number of phenolic OH excluding ortho intramolecular Hbond substituents is 1. The van der Waals surface area contributed by atoms with Crippen molar-refractivity contribution in [2.45, 2.75) is 73.9 Å². The van der Waals surface area contributed by atoms with Crippen molar-refractivity contribution < 1.29 is 31.8 Å². The zero-order valence-corrected chi connectivity index (χ0v) is 29.3. The number of rotatable bonds is 8. The molecule has 2 atom stereocenters. The van der Waals surface area contributed by atoms with Gasteiger partial charge >= 0.3 is 11.5 Å². The molecule has 0 amide bonds. The summed E-state index contributed by atoms with van der Waals surface area (Å²) >= 11 is -0.491. The lowest BCUT2D eigenvalue weighted by Gasteiger charge is -2.35. The van der Waals surface area contributed by atoms with Crippen molar-refractivity contribution in [1.29, 1.82) is 0 Å². The first-order chi connectivity index (χ1) is 24.9. The Morgan fingerprint density at radius 3 is 2.38 bits per heavy atom. The third kappa shape index (κ3) is 6.30. The molecule has 4 heterocycles. The van der Waals surface area contributed by atoms with Crippen LogP contribution in [-0.4, -0.2) is 76.9 Å². The van der Waals surface area contributed by atoms with E-state index in [0.717, 1.165) is 57.5 Å². The number of aromatic nitrogens is 2. The van der Waals surface area contributed by atoms with E-state index in [0.29, 0.717) is 30.9 Å². The summed E-state index contributed by atoms with van der Waals surface area (Å²) in [7, 11) is 0. The predicted molar refractivity (Wildman–Crippen MR) is 191 cm³/mol. The smallest absolute Gasteiger partial charge is 0.446 e. The standard InChI is InChI=1S/C39H38F5N5O2S/c1-2-26-29(40)6-3-22-15-25(50)16-27(31(22)26)32-30(52-39(42,43)44)17-28-34(33(32)41)46-36(47-35(28)49-18-23-4-5-24(19-49)45-23)51-21-38(9-10-38)20-48-13-11-37(7-8-37)12-14-48/h1,3,6,15-17,23-24,45,50H,4-5,7-14,18-21H2. The van der Waals surface area contributed by atoms with Crippen LogP contribution >= 0.6 is 11.8 Å². The minimum atomic E-state index is -4.81. The molecule has 3 aliphatic heterocycles. The van der Waals surface area contributed by atoms with Crippen LogP contribution < -0.4 is 15.0 Å². The minimum Gasteiger partial charge on any atom is -0.508 e. The Hall–Kier alpha value is -3.86. The number of aromatic hydroxyl groups is 1. The molecular formula is C39H38F5N5O2S. The fourth-order valence-electron chi connectivity index (χ4n) is 8.74. The number of hydrogen-bond donors (Lipinski definition) is 2. The maximum Gasteiger partial charge on any atom is 0.446 e. The molecule has 2 bridgehead atoms. The van der Waals surface area contributed by atoms with Gasteiger partial charge in [-0.3, -0.25) is 0 Å². The largest absolute Gasteiger partial charge is 0.508 e. The number of thioether (sulfide) groups is 1. The van der Waals surface area contributed by atoms with Gasteiger partial charge in [-0.1, -0.05) is 12.0 Å². The Morgan fingerprint density at radius 1 is 1.00 bits per heavy atom. The van der Waals surface area contributed by atoms with E-state index in [1.54, 1.807) is 0 Å². The average Bonchev–Trinajstić information content (AvgIpc) is 4.02. The van der Waals surface area contributed by atoms with E-state index in [4.69, 9.17) is 16.1 Å². The van der Waals surface area contributed by atoms with E-state index in [-0.39, 0.29) is 62.1 Å². The Bertz CT molecular complexity index is 2120. The van der Waals surface area contributed by atoms with Crippen LogP contribution in [0.3, 0.4) is 0 Å². The summed E-state index contributed by atoms with van der Waals surface area (Å²) in [5.41, 5.74) is -5.45. The molecule has 2 N–H and O–H groups in total. The summed E-state index contributed by atoms with van der Waals surface area (Å²) < 4.78 is 81.5. The molecule has 0 radical (unpaired) electrons. The number of piperidine rings is 1. The van der Waals surface area contributed by atoms with E-state index in [2.05, 4.69) is 21.1 Å². The quantitative estimate of drug-likeness (QED) is 0.107. The Morgan fingerprint density at radius 2 is 1.73 bits per heavy atom. The summed E-state index contributed by atoms with van der Waals surface area (Å²) in [5, 5.41) is 14.6. The van der Waals surface area contributed by atoms with E-state index in [1.807, 2.05) is 4.90 Å². The molecule has 4 aromatic rings. The van der Waals surface area contributed by atoms with Crippen LogP contribution in [0, 0.1) is 34.8 Å². The number of benzene rings is 3. The first-order valence-electron chi connectivity index (χ1n) is 18.0. The van der Waals surface area contributed by atoms with Gasteiger partial charge in [0.25, 0.3) is 0 Å². The number of ether oxygens (including phenoxy) is 1. The minimum absolute atomic E-state index is 0.00741. The molecule has 2 aliphatic carbocycles. The Balaban J connectivity index is 1.17. The van der Waals surface area contributed by atoms with E-state index in [9.17, 15) is 18.3 Å². The first-order valence-corrected chi connectivity index (χ1v) is 18.8. The highest BCUT2D eigenvalue weighted by molar-refractivity contribution is 8.00. The van der Waals surface area contributed by atoms with Crippen molar-refractivity contribution in [3.8, 4) is 35.2 Å². The number of hydrogen-bond acceptors (Lipinski definition) is 8. The van der Waals surface area contributed by atoms with Crippen LogP contribution in [0.1, 0.15) is 56.9 Å². The second kappa shape index (κ2) is 12.4. The molecular weight excluding hydrogens is 698 g/mol. The summed E-state index contributed by atoms with van der Waals surface area (Å²) in [6.45, 7) is 4.46. The maximum absolute atomic E-state index is 17.4. The molecule has 13 heteroatoms. The number of likely N-dealkylation sites (tertiary alicyclic amines) is 1. The van der Waals surface area contributed by atoms with Crippen LogP contribution in [0.15, 0.2) is 35.2 Å². The molecule has 5 fully saturated rings. The van der Waals surface area contributed by atoms with Crippen LogP contribution in [0.5, 0.6) is 11.8 Å².